The van der Waals surface area contributed by atoms with Crippen LogP contribution in [0.4, 0.5) is 4.39 Å². The first-order valence-corrected chi connectivity index (χ1v) is 11.7. The molecular weight excluding hydrogens is 399 g/mol. The third-order valence-corrected chi connectivity index (χ3v) is 7.47. The minimum Gasteiger partial charge on any atom is -0.339 e. The lowest BCUT2D eigenvalue weighted by Gasteiger charge is -2.34. The summed E-state index contributed by atoms with van der Waals surface area (Å²) in [6, 6.07) is 15.1. The molecule has 1 amide bonds. The fraction of sp³-hybridized carbons (Fsp3) is 0.350. The monoisotopic (exact) mass is 422 g/mol. The molecule has 150 valence electrons. The predicted molar refractivity (Wildman–Crippen MR) is 109 cm³/mol. The molecular formula is C20H23FN2O3S2. The molecule has 0 radical (unpaired) electrons. The minimum absolute atomic E-state index is 0.0286. The number of amides is 1. The Morgan fingerprint density at radius 1 is 1.00 bits per heavy atom. The molecule has 28 heavy (non-hydrogen) atoms. The lowest BCUT2D eigenvalue weighted by atomic mass is 10.2. The summed E-state index contributed by atoms with van der Waals surface area (Å²) in [6.45, 7) is 1.15. The predicted octanol–water partition coefficient (Wildman–Crippen LogP) is 2.63. The number of rotatable bonds is 7. The third-order valence-electron chi connectivity index (χ3n) is 4.63. The van der Waals surface area contributed by atoms with Crippen LogP contribution in [-0.2, 0) is 21.2 Å². The van der Waals surface area contributed by atoms with Crippen LogP contribution >= 0.6 is 11.8 Å². The van der Waals surface area contributed by atoms with Crippen molar-refractivity contribution in [2.75, 3.05) is 37.7 Å². The number of benzene rings is 2. The summed E-state index contributed by atoms with van der Waals surface area (Å²) in [5.74, 6) is 0.705. The van der Waals surface area contributed by atoms with E-state index in [0.29, 0.717) is 18.8 Å². The molecule has 1 aliphatic rings. The highest BCUT2D eigenvalue weighted by Gasteiger charge is 2.30. The van der Waals surface area contributed by atoms with Gasteiger partial charge in [0.25, 0.3) is 0 Å². The van der Waals surface area contributed by atoms with Gasteiger partial charge in [-0.1, -0.05) is 36.4 Å². The van der Waals surface area contributed by atoms with Gasteiger partial charge in [-0.3, -0.25) is 4.79 Å². The summed E-state index contributed by atoms with van der Waals surface area (Å²) in [5, 5.41) is 0. The van der Waals surface area contributed by atoms with Crippen LogP contribution in [0.3, 0.4) is 0 Å². The van der Waals surface area contributed by atoms with Crippen molar-refractivity contribution in [3.05, 3.63) is 66.0 Å². The average Bonchev–Trinajstić information content (AvgIpc) is 2.72. The van der Waals surface area contributed by atoms with Crippen LogP contribution in [0.5, 0.6) is 0 Å². The van der Waals surface area contributed by atoms with Gasteiger partial charge in [-0.2, -0.15) is 16.1 Å². The molecule has 0 spiro atoms. The summed E-state index contributed by atoms with van der Waals surface area (Å²) < 4.78 is 39.9. The Labute approximate surface area is 169 Å². The number of thioether (sulfide) groups is 1. The number of nitrogens with zero attached hydrogens (tertiary/aromatic N) is 2. The van der Waals surface area contributed by atoms with Crippen LogP contribution in [0.25, 0.3) is 0 Å². The van der Waals surface area contributed by atoms with E-state index in [0.717, 1.165) is 18.2 Å². The minimum atomic E-state index is -3.74. The van der Waals surface area contributed by atoms with Crippen LogP contribution in [-0.4, -0.2) is 61.2 Å². The maximum absolute atomic E-state index is 13.4. The van der Waals surface area contributed by atoms with E-state index in [1.165, 1.54) is 28.1 Å². The number of hydrogen-bond donors (Lipinski definition) is 0. The second-order valence-electron chi connectivity index (χ2n) is 6.53. The number of halogens is 1. The van der Waals surface area contributed by atoms with Crippen molar-refractivity contribution in [2.45, 2.75) is 11.3 Å². The second-order valence-corrected chi connectivity index (χ2v) is 9.57. The van der Waals surface area contributed by atoms with Crippen molar-refractivity contribution in [3.63, 3.8) is 0 Å². The highest BCUT2D eigenvalue weighted by Crippen LogP contribution is 2.19. The number of carbonyl (C=O) groups is 1. The van der Waals surface area contributed by atoms with E-state index in [2.05, 4.69) is 12.1 Å². The highest BCUT2D eigenvalue weighted by atomic mass is 32.2. The molecule has 0 saturated carbocycles. The van der Waals surface area contributed by atoms with E-state index in [-0.39, 0.29) is 23.9 Å². The van der Waals surface area contributed by atoms with Gasteiger partial charge in [0.1, 0.15) is 5.82 Å². The van der Waals surface area contributed by atoms with Gasteiger partial charge in [0.2, 0.25) is 15.9 Å². The Bertz CT molecular complexity index is 899. The quantitative estimate of drug-likeness (QED) is 0.644. The Kier molecular flexibility index (Phi) is 7.09. The maximum Gasteiger partial charge on any atom is 0.243 e. The summed E-state index contributed by atoms with van der Waals surface area (Å²) >= 11 is 1.59. The number of piperazine rings is 1. The number of sulfonamides is 1. The molecule has 0 unspecified atom stereocenters. The van der Waals surface area contributed by atoms with Crippen LogP contribution in [0.15, 0.2) is 59.5 Å². The average molecular weight is 423 g/mol. The zero-order chi connectivity index (χ0) is 20.0. The summed E-state index contributed by atoms with van der Waals surface area (Å²) in [6.07, 6.45) is 0.915. The van der Waals surface area contributed by atoms with Crippen LogP contribution in [0.2, 0.25) is 0 Å². The molecule has 2 aromatic rings. The van der Waals surface area contributed by atoms with E-state index in [4.69, 9.17) is 0 Å². The second kappa shape index (κ2) is 9.54. The molecule has 0 bridgehead atoms. The lowest BCUT2D eigenvalue weighted by molar-refractivity contribution is -0.129. The number of hydrogen-bond acceptors (Lipinski definition) is 4. The molecule has 0 aliphatic carbocycles. The standard InChI is InChI=1S/C20H23FN2O3S2/c21-18-7-4-8-19(15-18)28(25,26)23-12-10-22(11-13-23)20(24)16-27-14-9-17-5-2-1-3-6-17/h1-8,15H,9-14,16H2. The Balaban J connectivity index is 1.45. The van der Waals surface area contributed by atoms with Crippen LogP contribution in [0, 0.1) is 5.82 Å². The number of aryl methyl sites for hydroxylation is 1. The normalized spacial score (nSPS) is 15.5. The molecule has 1 aliphatic heterocycles. The van der Waals surface area contributed by atoms with Gasteiger partial charge in [0.05, 0.1) is 10.6 Å². The van der Waals surface area contributed by atoms with Gasteiger partial charge in [0.15, 0.2) is 0 Å². The van der Waals surface area contributed by atoms with Crippen molar-refractivity contribution in [3.8, 4) is 0 Å². The molecule has 0 N–H and O–H groups in total. The summed E-state index contributed by atoms with van der Waals surface area (Å²) in [4.78, 5) is 14.0. The highest BCUT2D eigenvalue weighted by molar-refractivity contribution is 7.99. The van der Waals surface area contributed by atoms with Crippen molar-refractivity contribution in [1.29, 1.82) is 0 Å². The first-order valence-electron chi connectivity index (χ1n) is 9.12. The van der Waals surface area contributed by atoms with E-state index in [1.807, 2.05) is 18.2 Å². The Morgan fingerprint density at radius 3 is 2.39 bits per heavy atom. The van der Waals surface area contributed by atoms with Gasteiger partial charge < -0.3 is 4.90 Å². The zero-order valence-electron chi connectivity index (χ0n) is 15.5. The molecule has 1 saturated heterocycles. The van der Waals surface area contributed by atoms with Gasteiger partial charge in [-0.05, 0) is 35.9 Å². The van der Waals surface area contributed by atoms with Gasteiger partial charge in [-0.25, -0.2) is 12.8 Å². The van der Waals surface area contributed by atoms with Gasteiger partial charge in [-0.15, -0.1) is 0 Å². The molecule has 2 aromatic carbocycles. The number of carbonyl (C=O) groups excluding carboxylic acids is 1. The SMILES string of the molecule is O=C(CSCCc1ccccc1)N1CCN(S(=O)(=O)c2cccc(F)c2)CC1. The van der Waals surface area contributed by atoms with E-state index in [1.54, 1.807) is 16.7 Å². The van der Waals surface area contributed by atoms with E-state index >= 15 is 0 Å². The smallest absolute Gasteiger partial charge is 0.243 e. The topological polar surface area (TPSA) is 57.7 Å². The van der Waals surface area contributed by atoms with E-state index in [9.17, 15) is 17.6 Å². The van der Waals surface area contributed by atoms with Crippen molar-refractivity contribution in [2.24, 2.45) is 0 Å². The summed E-state index contributed by atoms with van der Waals surface area (Å²) in [7, 11) is -3.74. The molecule has 1 fully saturated rings. The zero-order valence-corrected chi connectivity index (χ0v) is 17.1. The fourth-order valence-corrected chi connectivity index (χ4v) is 5.38. The van der Waals surface area contributed by atoms with Crippen LogP contribution in [0.1, 0.15) is 5.56 Å². The van der Waals surface area contributed by atoms with Gasteiger partial charge >= 0.3 is 0 Å². The Hall–Kier alpha value is -1.90. The fourth-order valence-electron chi connectivity index (χ4n) is 3.04. The molecule has 1 heterocycles. The molecule has 0 atom stereocenters. The van der Waals surface area contributed by atoms with E-state index < -0.39 is 15.8 Å². The Morgan fingerprint density at radius 2 is 1.71 bits per heavy atom. The molecule has 3 rings (SSSR count). The third kappa shape index (κ3) is 5.33. The van der Waals surface area contributed by atoms with Crippen molar-refractivity contribution in [1.82, 2.24) is 9.21 Å². The molecule has 8 heteroatoms. The van der Waals surface area contributed by atoms with Crippen molar-refractivity contribution >= 4 is 27.7 Å². The lowest BCUT2D eigenvalue weighted by Crippen LogP contribution is -2.51. The first kappa shape index (κ1) is 20.8. The molecule has 5 nitrogen and oxygen atoms in total. The van der Waals surface area contributed by atoms with Gasteiger partial charge in [0, 0.05) is 26.2 Å². The van der Waals surface area contributed by atoms with Crippen molar-refractivity contribution < 1.29 is 17.6 Å². The largest absolute Gasteiger partial charge is 0.339 e. The maximum atomic E-state index is 13.4. The molecule has 0 aromatic heterocycles. The first-order chi connectivity index (χ1) is 13.5. The summed E-state index contributed by atoms with van der Waals surface area (Å²) in [5.41, 5.74) is 1.25. The van der Waals surface area contributed by atoms with Crippen LogP contribution < -0.4 is 0 Å².